The second-order valence-electron chi connectivity index (χ2n) is 8.31. The minimum Gasteiger partial charge on any atom is -0.339 e. The first kappa shape index (κ1) is 20.2. The van der Waals surface area contributed by atoms with Gasteiger partial charge in [-0.1, -0.05) is 30.3 Å². The smallest absolute Gasteiger partial charge is 0.274 e. The molecule has 1 aliphatic heterocycles. The van der Waals surface area contributed by atoms with E-state index in [0.29, 0.717) is 17.5 Å². The Morgan fingerprint density at radius 2 is 1.69 bits per heavy atom. The van der Waals surface area contributed by atoms with E-state index in [1.165, 1.54) is 11.1 Å². The second kappa shape index (κ2) is 8.42. The normalized spacial score (nSPS) is 14.1. The van der Waals surface area contributed by atoms with Crippen LogP contribution in [-0.4, -0.2) is 43.5 Å². The number of hydrogen-bond donors (Lipinski definition) is 0. The predicted molar refractivity (Wildman–Crippen MR) is 124 cm³/mol. The highest BCUT2D eigenvalue weighted by molar-refractivity contribution is 5.94. The zero-order valence-corrected chi connectivity index (χ0v) is 18.1. The lowest BCUT2D eigenvalue weighted by atomic mass is 10.1. The summed E-state index contributed by atoms with van der Waals surface area (Å²) in [5, 5.41) is 10.4. The van der Waals surface area contributed by atoms with E-state index < -0.39 is 0 Å². The second-order valence-corrected chi connectivity index (χ2v) is 8.31. The molecule has 2 aromatic heterocycles. The van der Waals surface area contributed by atoms with Gasteiger partial charge in [0.1, 0.15) is 5.69 Å². The highest BCUT2D eigenvalue weighted by atomic mass is 16.2. The van der Waals surface area contributed by atoms with Gasteiger partial charge in [0.05, 0.1) is 18.1 Å². The average molecular weight is 428 g/mol. The lowest BCUT2D eigenvalue weighted by Gasteiger charge is -2.26. The third-order valence-electron chi connectivity index (χ3n) is 6.02. The molecular formula is C25H25N5O2. The van der Waals surface area contributed by atoms with Crippen LogP contribution < -0.4 is 5.56 Å². The van der Waals surface area contributed by atoms with Crippen LogP contribution in [0.5, 0.6) is 0 Å². The minimum absolute atomic E-state index is 0.0797. The van der Waals surface area contributed by atoms with Crippen LogP contribution in [0.1, 0.15) is 35.2 Å². The molecular weight excluding hydrogens is 402 g/mol. The third kappa shape index (κ3) is 3.82. The molecule has 0 aliphatic carbocycles. The number of likely N-dealkylation sites (tertiary alicyclic amines) is 1. The topological polar surface area (TPSA) is 73.0 Å². The number of piperidine rings is 1. The van der Waals surface area contributed by atoms with Gasteiger partial charge in [-0.2, -0.15) is 10.2 Å². The molecule has 162 valence electrons. The van der Waals surface area contributed by atoms with Gasteiger partial charge in [-0.3, -0.25) is 14.3 Å². The maximum Gasteiger partial charge on any atom is 0.274 e. The molecule has 2 aromatic carbocycles. The summed E-state index contributed by atoms with van der Waals surface area (Å²) in [7, 11) is 1.86. The van der Waals surface area contributed by atoms with Crippen LogP contribution in [0.4, 0.5) is 0 Å². The number of aryl methyl sites for hydroxylation is 1. The molecule has 0 radical (unpaired) electrons. The van der Waals surface area contributed by atoms with Crippen molar-refractivity contribution in [1.82, 2.24) is 24.5 Å². The van der Waals surface area contributed by atoms with Crippen molar-refractivity contribution in [3.05, 3.63) is 82.4 Å². The van der Waals surface area contributed by atoms with Gasteiger partial charge >= 0.3 is 0 Å². The number of amides is 1. The lowest BCUT2D eigenvalue weighted by molar-refractivity contribution is 0.0724. The van der Waals surface area contributed by atoms with Gasteiger partial charge in [-0.05, 0) is 43.0 Å². The fraction of sp³-hybridized carbons (Fsp3) is 0.280. The molecule has 0 bridgehead atoms. The van der Waals surface area contributed by atoms with Crippen LogP contribution in [-0.2, 0) is 13.6 Å². The van der Waals surface area contributed by atoms with Crippen molar-refractivity contribution in [3.8, 4) is 11.3 Å². The molecule has 0 spiro atoms. The fourth-order valence-corrected chi connectivity index (χ4v) is 4.30. The molecule has 3 heterocycles. The molecule has 5 rings (SSSR count). The summed E-state index contributed by atoms with van der Waals surface area (Å²) < 4.78 is 3.21. The lowest BCUT2D eigenvalue weighted by Crippen LogP contribution is -2.35. The number of carbonyl (C=O) groups excluding carboxylic acids is 1. The van der Waals surface area contributed by atoms with E-state index in [1.54, 1.807) is 10.9 Å². The molecule has 0 saturated carbocycles. The molecule has 0 atom stereocenters. The van der Waals surface area contributed by atoms with Crippen LogP contribution >= 0.6 is 0 Å². The van der Waals surface area contributed by atoms with Crippen LogP contribution in [0.2, 0.25) is 0 Å². The SMILES string of the molecule is Cn1cc(-c2nn(Cc3ccc(C(=O)N4CCCCC4)cc3)c(=O)c3ccccc23)cn1. The van der Waals surface area contributed by atoms with Crippen molar-refractivity contribution >= 4 is 16.7 Å². The van der Waals surface area contributed by atoms with Gasteiger partial charge in [0.25, 0.3) is 11.5 Å². The molecule has 1 aliphatic rings. The molecule has 7 nitrogen and oxygen atoms in total. The zero-order valence-electron chi connectivity index (χ0n) is 18.1. The number of benzene rings is 2. The number of hydrogen-bond acceptors (Lipinski definition) is 4. The largest absolute Gasteiger partial charge is 0.339 e. The Balaban J connectivity index is 1.47. The first-order valence-corrected chi connectivity index (χ1v) is 11.0. The zero-order chi connectivity index (χ0) is 22.1. The van der Waals surface area contributed by atoms with E-state index >= 15 is 0 Å². The summed E-state index contributed by atoms with van der Waals surface area (Å²) in [5.41, 5.74) is 3.06. The third-order valence-corrected chi connectivity index (χ3v) is 6.02. The van der Waals surface area contributed by atoms with E-state index in [1.807, 2.05) is 66.7 Å². The molecule has 0 N–H and O–H groups in total. The standard InChI is InChI=1S/C25H25N5O2/c1-28-17-20(15-26-28)23-21-7-3-4-8-22(21)25(32)30(27-23)16-18-9-11-19(12-10-18)24(31)29-13-5-2-6-14-29/h3-4,7-12,15,17H,2,5-6,13-14,16H2,1H3. The maximum atomic E-state index is 13.1. The number of carbonyl (C=O) groups is 1. The van der Waals surface area contributed by atoms with Gasteiger partial charge < -0.3 is 4.90 Å². The average Bonchev–Trinajstić information content (AvgIpc) is 3.27. The fourth-order valence-electron chi connectivity index (χ4n) is 4.30. The van der Waals surface area contributed by atoms with Crippen LogP contribution in [0, 0.1) is 0 Å². The molecule has 1 saturated heterocycles. The van der Waals surface area contributed by atoms with Gasteiger partial charge in [-0.25, -0.2) is 4.68 Å². The van der Waals surface area contributed by atoms with E-state index in [-0.39, 0.29) is 11.5 Å². The summed E-state index contributed by atoms with van der Waals surface area (Å²) in [4.78, 5) is 27.8. The Kier molecular flexibility index (Phi) is 5.31. The van der Waals surface area contributed by atoms with Gasteiger partial charge in [0, 0.05) is 42.8 Å². The van der Waals surface area contributed by atoms with E-state index in [9.17, 15) is 9.59 Å². The number of fused-ring (bicyclic) bond motifs is 1. The predicted octanol–water partition coefficient (Wildman–Crippen LogP) is 3.47. The van der Waals surface area contributed by atoms with Gasteiger partial charge in [-0.15, -0.1) is 0 Å². The number of rotatable bonds is 4. The Hall–Kier alpha value is -3.74. The summed E-state index contributed by atoms with van der Waals surface area (Å²) in [6.07, 6.45) is 6.98. The highest BCUT2D eigenvalue weighted by Crippen LogP contribution is 2.24. The van der Waals surface area contributed by atoms with Gasteiger partial charge in [0.15, 0.2) is 0 Å². The first-order chi connectivity index (χ1) is 15.6. The van der Waals surface area contributed by atoms with Crippen LogP contribution in [0.15, 0.2) is 65.7 Å². The number of nitrogens with zero attached hydrogens (tertiary/aromatic N) is 5. The molecule has 4 aromatic rings. The monoisotopic (exact) mass is 427 g/mol. The quantitative estimate of drug-likeness (QED) is 0.500. The Labute approximate surface area is 185 Å². The maximum absolute atomic E-state index is 13.1. The summed E-state index contributed by atoms with van der Waals surface area (Å²) in [5.74, 6) is 0.0797. The summed E-state index contributed by atoms with van der Waals surface area (Å²) in [6.45, 7) is 1.98. The van der Waals surface area contributed by atoms with E-state index in [0.717, 1.165) is 48.1 Å². The number of aromatic nitrogens is 4. The molecule has 0 unspecified atom stereocenters. The highest BCUT2D eigenvalue weighted by Gasteiger charge is 2.18. The molecule has 1 fully saturated rings. The van der Waals surface area contributed by atoms with E-state index in [4.69, 9.17) is 0 Å². The van der Waals surface area contributed by atoms with Crippen molar-refractivity contribution in [3.63, 3.8) is 0 Å². The molecule has 7 heteroatoms. The Bertz CT molecular complexity index is 1330. The Morgan fingerprint density at radius 1 is 0.969 bits per heavy atom. The molecule has 32 heavy (non-hydrogen) atoms. The van der Waals surface area contributed by atoms with Crippen molar-refractivity contribution < 1.29 is 4.79 Å². The van der Waals surface area contributed by atoms with Crippen molar-refractivity contribution in [1.29, 1.82) is 0 Å². The molecule has 1 amide bonds. The first-order valence-electron chi connectivity index (χ1n) is 11.0. The van der Waals surface area contributed by atoms with Gasteiger partial charge in [0.2, 0.25) is 0 Å². The summed E-state index contributed by atoms with van der Waals surface area (Å²) in [6, 6.07) is 15.0. The van der Waals surface area contributed by atoms with Crippen molar-refractivity contribution in [2.45, 2.75) is 25.8 Å². The summed E-state index contributed by atoms with van der Waals surface area (Å²) >= 11 is 0. The minimum atomic E-state index is -0.137. The van der Waals surface area contributed by atoms with Crippen molar-refractivity contribution in [2.24, 2.45) is 7.05 Å². The van der Waals surface area contributed by atoms with E-state index in [2.05, 4.69) is 10.2 Å². The van der Waals surface area contributed by atoms with Crippen LogP contribution in [0.25, 0.3) is 22.0 Å². The van der Waals surface area contributed by atoms with Crippen LogP contribution in [0.3, 0.4) is 0 Å². The van der Waals surface area contributed by atoms with Crippen molar-refractivity contribution in [2.75, 3.05) is 13.1 Å². The Morgan fingerprint density at radius 3 is 2.38 bits per heavy atom.